The molecule has 0 aromatic carbocycles. The van der Waals surface area contributed by atoms with Gasteiger partial charge < -0.3 is 14.8 Å². The molecule has 0 unspecified atom stereocenters. The van der Waals surface area contributed by atoms with Gasteiger partial charge in [0.15, 0.2) is 3.77 Å². The van der Waals surface area contributed by atoms with Crippen molar-refractivity contribution in [3.05, 3.63) is 21.7 Å². The zero-order valence-corrected chi connectivity index (χ0v) is 9.74. The summed E-state index contributed by atoms with van der Waals surface area (Å²) in [5, 5.41) is 12.1. The van der Waals surface area contributed by atoms with Crippen LogP contribution < -0.4 is 5.32 Å². The van der Waals surface area contributed by atoms with Gasteiger partial charge in [-0.3, -0.25) is 0 Å². The molecular weight excluding hydrogens is 281 g/mol. The second kappa shape index (κ2) is 5.62. The maximum atomic E-state index is 8.91. The lowest BCUT2D eigenvalue weighted by Crippen LogP contribution is -2.30. The monoisotopic (exact) mass is 295 g/mol. The maximum absolute atomic E-state index is 8.91. The Bertz CT molecular complexity index is 246. The van der Waals surface area contributed by atoms with Crippen molar-refractivity contribution in [2.24, 2.45) is 0 Å². The molecule has 0 bridgehead atoms. The van der Waals surface area contributed by atoms with Crippen molar-refractivity contribution < 1.29 is 9.52 Å². The van der Waals surface area contributed by atoms with Crippen LogP contribution in [0.2, 0.25) is 0 Å². The number of rotatable bonds is 5. The second-order valence-corrected chi connectivity index (χ2v) is 3.94. The molecule has 1 aromatic rings. The average Bonchev–Trinajstić information content (AvgIpc) is 2.53. The molecule has 1 atom stereocenters. The SMILES string of the molecule is CC[C@H](CO)NCc1ccc(I)o1. The molecule has 13 heavy (non-hydrogen) atoms. The van der Waals surface area contributed by atoms with E-state index in [0.29, 0.717) is 6.54 Å². The lowest BCUT2D eigenvalue weighted by molar-refractivity contribution is 0.235. The summed E-state index contributed by atoms with van der Waals surface area (Å²) in [4.78, 5) is 0. The summed E-state index contributed by atoms with van der Waals surface area (Å²) in [5.74, 6) is 0.913. The summed E-state index contributed by atoms with van der Waals surface area (Å²) >= 11 is 2.13. The van der Waals surface area contributed by atoms with Crippen LogP contribution in [0.5, 0.6) is 0 Å². The first-order chi connectivity index (χ1) is 6.26. The fourth-order valence-electron chi connectivity index (χ4n) is 1.03. The van der Waals surface area contributed by atoms with Crippen LogP contribution in [0.3, 0.4) is 0 Å². The van der Waals surface area contributed by atoms with Gasteiger partial charge in [-0.1, -0.05) is 6.92 Å². The minimum atomic E-state index is 0.169. The molecule has 2 N–H and O–H groups in total. The molecule has 0 fully saturated rings. The molecule has 0 aliphatic heterocycles. The summed E-state index contributed by atoms with van der Waals surface area (Å²) in [6.07, 6.45) is 0.925. The molecule has 0 spiro atoms. The van der Waals surface area contributed by atoms with Gasteiger partial charge >= 0.3 is 0 Å². The third kappa shape index (κ3) is 3.66. The van der Waals surface area contributed by atoms with Crippen LogP contribution >= 0.6 is 22.6 Å². The molecule has 0 amide bonds. The largest absolute Gasteiger partial charge is 0.454 e. The summed E-state index contributed by atoms with van der Waals surface area (Å²) in [7, 11) is 0. The Morgan fingerprint density at radius 3 is 2.85 bits per heavy atom. The Balaban J connectivity index is 2.33. The van der Waals surface area contributed by atoms with Crippen LogP contribution in [-0.2, 0) is 6.54 Å². The van der Waals surface area contributed by atoms with Crippen molar-refractivity contribution in [1.29, 1.82) is 0 Å². The average molecular weight is 295 g/mol. The van der Waals surface area contributed by atoms with Gasteiger partial charge in [0.2, 0.25) is 0 Å². The Morgan fingerprint density at radius 2 is 2.38 bits per heavy atom. The van der Waals surface area contributed by atoms with Crippen molar-refractivity contribution in [1.82, 2.24) is 5.32 Å². The van der Waals surface area contributed by atoms with E-state index in [-0.39, 0.29) is 12.6 Å². The molecule has 3 nitrogen and oxygen atoms in total. The smallest absolute Gasteiger partial charge is 0.164 e. The summed E-state index contributed by atoms with van der Waals surface area (Å²) in [6.45, 7) is 2.90. The zero-order chi connectivity index (χ0) is 9.68. The van der Waals surface area contributed by atoms with E-state index in [1.807, 2.05) is 19.1 Å². The molecular formula is C9H14INO2. The van der Waals surface area contributed by atoms with Crippen LogP contribution in [0.25, 0.3) is 0 Å². The molecule has 0 aliphatic carbocycles. The highest BCUT2D eigenvalue weighted by atomic mass is 127. The highest BCUT2D eigenvalue weighted by molar-refractivity contribution is 14.1. The van der Waals surface area contributed by atoms with Gasteiger partial charge in [0.1, 0.15) is 5.76 Å². The van der Waals surface area contributed by atoms with Crippen molar-refractivity contribution in [2.45, 2.75) is 25.9 Å². The molecule has 0 saturated heterocycles. The summed E-state index contributed by atoms with van der Waals surface area (Å²) in [5.41, 5.74) is 0. The number of hydrogen-bond acceptors (Lipinski definition) is 3. The zero-order valence-electron chi connectivity index (χ0n) is 7.59. The fourth-order valence-corrected chi connectivity index (χ4v) is 1.49. The van der Waals surface area contributed by atoms with Gasteiger partial charge in [-0.25, -0.2) is 0 Å². The normalized spacial score (nSPS) is 13.2. The highest BCUT2D eigenvalue weighted by Crippen LogP contribution is 2.09. The van der Waals surface area contributed by atoms with E-state index in [2.05, 4.69) is 27.9 Å². The Kier molecular flexibility index (Phi) is 4.76. The van der Waals surface area contributed by atoms with Crippen LogP contribution in [-0.4, -0.2) is 17.8 Å². The van der Waals surface area contributed by atoms with Crippen LogP contribution in [0.1, 0.15) is 19.1 Å². The lowest BCUT2D eigenvalue weighted by atomic mass is 10.2. The Labute approximate surface area is 91.7 Å². The topological polar surface area (TPSA) is 45.4 Å². The van der Waals surface area contributed by atoms with Crippen molar-refractivity contribution >= 4 is 22.6 Å². The van der Waals surface area contributed by atoms with Crippen molar-refractivity contribution in [3.63, 3.8) is 0 Å². The number of aliphatic hydroxyl groups excluding tert-OH is 1. The number of halogens is 1. The highest BCUT2D eigenvalue weighted by Gasteiger charge is 2.04. The van der Waals surface area contributed by atoms with E-state index in [0.717, 1.165) is 15.9 Å². The quantitative estimate of drug-likeness (QED) is 0.813. The van der Waals surface area contributed by atoms with E-state index >= 15 is 0 Å². The third-order valence-corrected chi connectivity index (χ3v) is 2.49. The third-order valence-electron chi connectivity index (χ3n) is 1.91. The first kappa shape index (κ1) is 11.0. The van der Waals surface area contributed by atoms with Crippen LogP contribution in [0, 0.1) is 3.77 Å². The molecule has 1 aromatic heterocycles. The predicted molar refractivity (Wildman–Crippen MR) is 59.4 cm³/mol. The number of hydrogen-bond donors (Lipinski definition) is 2. The van der Waals surface area contributed by atoms with Crippen molar-refractivity contribution in [3.8, 4) is 0 Å². The minimum Gasteiger partial charge on any atom is -0.454 e. The summed E-state index contributed by atoms with van der Waals surface area (Å²) in [6, 6.07) is 4.04. The number of aliphatic hydroxyl groups is 1. The van der Waals surface area contributed by atoms with Gasteiger partial charge in [-0.05, 0) is 41.1 Å². The molecule has 1 rings (SSSR count). The Hall–Kier alpha value is -0.0700. The summed E-state index contributed by atoms with van der Waals surface area (Å²) < 4.78 is 6.26. The standard InChI is InChI=1S/C9H14INO2/c1-2-7(6-12)11-5-8-3-4-9(10)13-8/h3-4,7,11-12H,2,5-6H2,1H3/t7-/m1/s1. The van der Waals surface area contributed by atoms with E-state index < -0.39 is 0 Å². The maximum Gasteiger partial charge on any atom is 0.164 e. The molecule has 74 valence electrons. The lowest BCUT2D eigenvalue weighted by Gasteiger charge is -2.12. The second-order valence-electron chi connectivity index (χ2n) is 2.87. The first-order valence-corrected chi connectivity index (χ1v) is 5.42. The fraction of sp³-hybridized carbons (Fsp3) is 0.556. The van der Waals surface area contributed by atoms with E-state index in [1.165, 1.54) is 0 Å². The van der Waals surface area contributed by atoms with Gasteiger partial charge in [-0.15, -0.1) is 0 Å². The molecule has 0 saturated carbocycles. The van der Waals surface area contributed by atoms with E-state index in [4.69, 9.17) is 9.52 Å². The molecule has 0 radical (unpaired) electrons. The molecule has 0 aliphatic rings. The van der Waals surface area contributed by atoms with E-state index in [9.17, 15) is 0 Å². The van der Waals surface area contributed by atoms with Crippen LogP contribution in [0.15, 0.2) is 16.5 Å². The molecule has 4 heteroatoms. The molecule has 1 heterocycles. The van der Waals surface area contributed by atoms with Crippen molar-refractivity contribution in [2.75, 3.05) is 6.61 Å². The predicted octanol–water partition coefficient (Wildman–Crippen LogP) is 1.74. The Morgan fingerprint density at radius 1 is 1.62 bits per heavy atom. The van der Waals surface area contributed by atoms with Gasteiger partial charge in [-0.2, -0.15) is 0 Å². The van der Waals surface area contributed by atoms with Gasteiger partial charge in [0.25, 0.3) is 0 Å². The van der Waals surface area contributed by atoms with E-state index in [1.54, 1.807) is 0 Å². The van der Waals surface area contributed by atoms with Gasteiger partial charge in [0.05, 0.1) is 13.2 Å². The van der Waals surface area contributed by atoms with Crippen LogP contribution in [0.4, 0.5) is 0 Å². The number of nitrogens with one attached hydrogen (secondary N) is 1. The first-order valence-electron chi connectivity index (χ1n) is 4.34. The van der Waals surface area contributed by atoms with Gasteiger partial charge in [0, 0.05) is 6.04 Å². The minimum absolute atomic E-state index is 0.169. The number of furan rings is 1.